The zero-order valence-electron chi connectivity index (χ0n) is 19.2. The number of hydrogen-bond acceptors (Lipinski definition) is 3. The smallest absolute Gasteiger partial charge is 0.222 e. The Morgan fingerprint density at radius 3 is 2.78 bits per heavy atom. The zero-order valence-corrected chi connectivity index (χ0v) is 19.2. The van der Waals surface area contributed by atoms with E-state index in [-0.39, 0.29) is 12.0 Å². The van der Waals surface area contributed by atoms with Crippen LogP contribution in [0.2, 0.25) is 0 Å². The van der Waals surface area contributed by atoms with E-state index in [2.05, 4.69) is 72.6 Å². The van der Waals surface area contributed by atoms with Crippen molar-refractivity contribution in [2.75, 3.05) is 32.8 Å². The van der Waals surface area contributed by atoms with Gasteiger partial charge in [-0.15, -0.1) is 0 Å². The summed E-state index contributed by atoms with van der Waals surface area (Å²) in [6.45, 7) is 9.52. The fraction of sp³-hybridized carbons (Fsp3) is 0.462. The molecular formula is C26H34N4O2. The first-order valence-electron chi connectivity index (χ1n) is 11.7. The molecule has 2 aromatic carbocycles. The van der Waals surface area contributed by atoms with E-state index in [0.717, 1.165) is 44.1 Å². The van der Waals surface area contributed by atoms with E-state index in [9.17, 15) is 4.79 Å². The molecule has 170 valence electrons. The molecular weight excluding hydrogens is 400 g/mol. The van der Waals surface area contributed by atoms with Crippen LogP contribution in [0.25, 0.3) is 0 Å². The van der Waals surface area contributed by atoms with Crippen molar-refractivity contribution >= 4 is 11.9 Å². The number of amides is 1. The molecule has 4 rings (SSSR count). The minimum Gasteiger partial charge on any atom is -0.370 e. The standard InChI is InChI=1S/C26H34N4O2/c1-3-27-26(30-14-15-32-24(19-30)23-11-5-4-8-20(23)2)28-17-21-9-6-10-22(16-21)18-29-13-7-12-25(29)31/h4-6,8-11,16,24H,3,7,12-15,17-19H2,1-2H3,(H,27,28). The quantitative estimate of drug-likeness (QED) is 0.557. The van der Waals surface area contributed by atoms with Crippen LogP contribution in [-0.2, 0) is 22.6 Å². The predicted octanol–water partition coefficient (Wildman–Crippen LogP) is 3.66. The van der Waals surface area contributed by atoms with Crippen molar-refractivity contribution in [3.63, 3.8) is 0 Å². The molecule has 32 heavy (non-hydrogen) atoms. The van der Waals surface area contributed by atoms with Gasteiger partial charge in [0.15, 0.2) is 5.96 Å². The minimum atomic E-state index is 0.0510. The normalized spacial score (nSPS) is 19.5. The van der Waals surface area contributed by atoms with E-state index in [0.29, 0.717) is 26.1 Å². The first kappa shape index (κ1) is 22.3. The summed E-state index contributed by atoms with van der Waals surface area (Å²) in [5.74, 6) is 1.19. The van der Waals surface area contributed by atoms with Gasteiger partial charge in [0.25, 0.3) is 0 Å². The molecule has 6 nitrogen and oxygen atoms in total. The molecule has 2 fully saturated rings. The van der Waals surface area contributed by atoms with Gasteiger partial charge in [-0.25, -0.2) is 4.99 Å². The van der Waals surface area contributed by atoms with Crippen LogP contribution >= 0.6 is 0 Å². The van der Waals surface area contributed by atoms with E-state index in [1.807, 2.05) is 4.90 Å². The SMILES string of the molecule is CCNC(=NCc1cccc(CN2CCCC2=O)c1)N1CCOC(c2ccccc2C)C1. The number of nitrogens with zero attached hydrogens (tertiary/aromatic N) is 3. The Balaban J connectivity index is 1.44. The first-order chi connectivity index (χ1) is 15.6. The second kappa shape index (κ2) is 10.6. The third kappa shape index (κ3) is 5.49. The lowest BCUT2D eigenvalue weighted by Gasteiger charge is -2.35. The summed E-state index contributed by atoms with van der Waals surface area (Å²) in [7, 11) is 0. The Kier molecular flexibility index (Phi) is 7.43. The van der Waals surface area contributed by atoms with Gasteiger partial charge in [-0.2, -0.15) is 0 Å². The topological polar surface area (TPSA) is 57.2 Å². The van der Waals surface area contributed by atoms with Crippen molar-refractivity contribution in [1.82, 2.24) is 15.1 Å². The van der Waals surface area contributed by atoms with Crippen LogP contribution in [0.3, 0.4) is 0 Å². The summed E-state index contributed by atoms with van der Waals surface area (Å²) in [6.07, 6.45) is 1.70. The zero-order chi connectivity index (χ0) is 22.3. The van der Waals surface area contributed by atoms with Crippen LogP contribution in [0.4, 0.5) is 0 Å². The van der Waals surface area contributed by atoms with Gasteiger partial charge in [0.2, 0.25) is 5.91 Å². The fourth-order valence-corrected chi connectivity index (χ4v) is 4.49. The molecule has 0 aromatic heterocycles. The highest BCUT2D eigenvalue weighted by Crippen LogP contribution is 2.25. The van der Waals surface area contributed by atoms with Crippen molar-refractivity contribution in [3.05, 3.63) is 70.8 Å². The molecule has 1 N–H and O–H groups in total. The maximum atomic E-state index is 12.0. The van der Waals surface area contributed by atoms with Gasteiger partial charge in [-0.3, -0.25) is 4.79 Å². The highest BCUT2D eigenvalue weighted by atomic mass is 16.5. The Morgan fingerprint density at radius 1 is 1.16 bits per heavy atom. The third-order valence-corrected chi connectivity index (χ3v) is 6.18. The molecule has 0 spiro atoms. The number of ether oxygens (including phenoxy) is 1. The van der Waals surface area contributed by atoms with Crippen LogP contribution in [0, 0.1) is 6.92 Å². The van der Waals surface area contributed by atoms with Gasteiger partial charge in [-0.05, 0) is 42.5 Å². The van der Waals surface area contributed by atoms with Gasteiger partial charge in [0.1, 0.15) is 6.10 Å². The summed E-state index contributed by atoms with van der Waals surface area (Å²) >= 11 is 0. The number of benzene rings is 2. The number of aliphatic imine (C=N–C) groups is 1. The molecule has 2 aliphatic rings. The highest BCUT2D eigenvalue weighted by Gasteiger charge is 2.25. The van der Waals surface area contributed by atoms with E-state index < -0.39 is 0 Å². The average molecular weight is 435 g/mol. The number of carbonyl (C=O) groups excluding carboxylic acids is 1. The number of carbonyl (C=O) groups is 1. The largest absolute Gasteiger partial charge is 0.370 e. The van der Waals surface area contributed by atoms with Crippen LogP contribution < -0.4 is 5.32 Å². The lowest BCUT2D eigenvalue weighted by molar-refractivity contribution is -0.128. The van der Waals surface area contributed by atoms with Gasteiger partial charge >= 0.3 is 0 Å². The molecule has 1 unspecified atom stereocenters. The van der Waals surface area contributed by atoms with Gasteiger partial charge in [0.05, 0.1) is 19.7 Å². The van der Waals surface area contributed by atoms with Crippen LogP contribution in [0.15, 0.2) is 53.5 Å². The molecule has 1 amide bonds. The average Bonchev–Trinajstić information content (AvgIpc) is 3.21. The van der Waals surface area contributed by atoms with Gasteiger partial charge < -0.3 is 19.9 Å². The molecule has 0 radical (unpaired) electrons. The van der Waals surface area contributed by atoms with E-state index in [4.69, 9.17) is 9.73 Å². The Labute approximate surface area is 191 Å². The molecule has 0 bridgehead atoms. The molecule has 2 saturated heterocycles. The molecule has 0 aliphatic carbocycles. The molecule has 2 heterocycles. The minimum absolute atomic E-state index is 0.0510. The summed E-state index contributed by atoms with van der Waals surface area (Å²) in [6, 6.07) is 16.9. The second-order valence-corrected chi connectivity index (χ2v) is 8.57. The number of rotatable bonds is 6. The van der Waals surface area contributed by atoms with E-state index in [1.165, 1.54) is 16.7 Å². The van der Waals surface area contributed by atoms with E-state index >= 15 is 0 Å². The van der Waals surface area contributed by atoms with Gasteiger partial charge in [0, 0.05) is 32.6 Å². The first-order valence-corrected chi connectivity index (χ1v) is 11.7. The number of morpholine rings is 1. The molecule has 2 aromatic rings. The Bertz CT molecular complexity index is 958. The number of guanidine groups is 1. The van der Waals surface area contributed by atoms with Crippen molar-refractivity contribution in [1.29, 1.82) is 0 Å². The maximum absolute atomic E-state index is 12.0. The number of hydrogen-bond donors (Lipinski definition) is 1. The van der Waals surface area contributed by atoms with Crippen LogP contribution in [0.5, 0.6) is 0 Å². The lowest BCUT2D eigenvalue weighted by atomic mass is 10.0. The summed E-state index contributed by atoms with van der Waals surface area (Å²) in [5.41, 5.74) is 4.84. The molecule has 0 saturated carbocycles. The van der Waals surface area contributed by atoms with E-state index in [1.54, 1.807) is 0 Å². The third-order valence-electron chi connectivity index (χ3n) is 6.18. The van der Waals surface area contributed by atoms with Crippen molar-refractivity contribution in [3.8, 4) is 0 Å². The Morgan fingerprint density at radius 2 is 2.00 bits per heavy atom. The fourth-order valence-electron chi connectivity index (χ4n) is 4.49. The van der Waals surface area contributed by atoms with Gasteiger partial charge in [-0.1, -0.05) is 48.5 Å². The maximum Gasteiger partial charge on any atom is 0.222 e. The monoisotopic (exact) mass is 434 g/mol. The highest BCUT2D eigenvalue weighted by molar-refractivity contribution is 5.80. The number of nitrogens with one attached hydrogen (secondary N) is 1. The summed E-state index contributed by atoms with van der Waals surface area (Å²) < 4.78 is 6.10. The summed E-state index contributed by atoms with van der Waals surface area (Å²) in [4.78, 5) is 21.1. The van der Waals surface area contributed by atoms with Crippen LogP contribution in [-0.4, -0.2) is 54.5 Å². The summed E-state index contributed by atoms with van der Waals surface area (Å²) in [5, 5.41) is 3.46. The molecule has 6 heteroatoms. The Hall–Kier alpha value is -2.86. The second-order valence-electron chi connectivity index (χ2n) is 8.57. The number of likely N-dealkylation sites (tertiary alicyclic amines) is 1. The van der Waals surface area contributed by atoms with Crippen LogP contribution in [0.1, 0.15) is 48.1 Å². The lowest BCUT2D eigenvalue weighted by Crippen LogP contribution is -2.48. The van der Waals surface area contributed by atoms with Crippen molar-refractivity contribution in [2.24, 2.45) is 4.99 Å². The van der Waals surface area contributed by atoms with Crippen molar-refractivity contribution in [2.45, 2.75) is 45.9 Å². The predicted molar refractivity (Wildman–Crippen MR) is 127 cm³/mol. The number of aryl methyl sites for hydroxylation is 1. The molecule has 1 atom stereocenters. The molecule has 2 aliphatic heterocycles. The van der Waals surface area contributed by atoms with Crippen molar-refractivity contribution < 1.29 is 9.53 Å².